The van der Waals surface area contributed by atoms with E-state index in [0.717, 1.165) is 22.9 Å². The van der Waals surface area contributed by atoms with E-state index < -0.39 is 12.0 Å². The van der Waals surface area contributed by atoms with E-state index in [1.54, 1.807) is 0 Å². The first kappa shape index (κ1) is 16.7. The highest BCUT2D eigenvalue weighted by molar-refractivity contribution is 9.10. The standard InChI is InChI=1S/C15H20BrNO3/c1-2-3-8-13(15(19)20)17-14(18)10-9-11-6-4-5-7-12(11)16/h4-7,13H,2-3,8-10H2,1H3,(H,17,18)(H,19,20). The summed E-state index contributed by atoms with van der Waals surface area (Å²) in [6.07, 6.45) is 3.07. The first-order chi connectivity index (χ1) is 9.54. The van der Waals surface area contributed by atoms with Crippen molar-refractivity contribution < 1.29 is 14.7 Å². The molecule has 1 amide bonds. The first-order valence-electron chi connectivity index (χ1n) is 6.80. The van der Waals surface area contributed by atoms with E-state index in [-0.39, 0.29) is 5.91 Å². The third-order valence-corrected chi connectivity index (χ3v) is 3.83. The van der Waals surface area contributed by atoms with Gasteiger partial charge in [-0.05, 0) is 24.5 Å². The number of amides is 1. The second-order valence-electron chi connectivity index (χ2n) is 4.69. The van der Waals surface area contributed by atoms with Crippen LogP contribution in [-0.2, 0) is 16.0 Å². The Balaban J connectivity index is 2.46. The first-order valence-corrected chi connectivity index (χ1v) is 7.59. The lowest BCUT2D eigenvalue weighted by molar-refractivity contribution is -0.142. The largest absolute Gasteiger partial charge is 0.480 e. The van der Waals surface area contributed by atoms with E-state index in [2.05, 4.69) is 21.2 Å². The molecule has 1 unspecified atom stereocenters. The van der Waals surface area contributed by atoms with Crippen LogP contribution in [0.3, 0.4) is 0 Å². The summed E-state index contributed by atoms with van der Waals surface area (Å²) >= 11 is 3.43. The van der Waals surface area contributed by atoms with E-state index in [1.807, 2.05) is 31.2 Å². The van der Waals surface area contributed by atoms with Crippen molar-refractivity contribution in [2.24, 2.45) is 0 Å². The summed E-state index contributed by atoms with van der Waals surface area (Å²) in [6, 6.07) is 6.93. The van der Waals surface area contributed by atoms with E-state index in [0.29, 0.717) is 19.3 Å². The lowest BCUT2D eigenvalue weighted by atomic mass is 10.1. The lowest BCUT2D eigenvalue weighted by Gasteiger charge is -2.14. The van der Waals surface area contributed by atoms with Crippen molar-refractivity contribution in [2.75, 3.05) is 0 Å². The summed E-state index contributed by atoms with van der Waals surface area (Å²) in [5.74, 6) is -1.18. The second-order valence-corrected chi connectivity index (χ2v) is 5.55. The van der Waals surface area contributed by atoms with Crippen LogP contribution >= 0.6 is 15.9 Å². The van der Waals surface area contributed by atoms with Gasteiger partial charge in [0.2, 0.25) is 5.91 Å². The Morgan fingerprint density at radius 1 is 1.35 bits per heavy atom. The number of aliphatic carboxylic acids is 1. The third-order valence-electron chi connectivity index (χ3n) is 3.06. The molecule has 1 atom stereocenters. The molecule has 0 aromatic heterocycles. The predicted molar refractivity (Wildman–Crippen MR) is 81.6 cm³/mol. The minimum atomic E-state index is -0.965. The van der Waals surface area contributed by atoms with Crippen LogP contribution in [0.5, 0.6) is 0 Å². The number of carboxylic acids is 1. The lowest BCUT2D eigenvalue weighted by Crippen LogP contribution is -2.40. The number of unbranched alkanes of at least 4 members (excludes halogenated alkanes) is 1. The molecule has 1 rings (SSSR count). The number of carbonyl (C=O) groups excluding carboxylic acids is 1. The fourth-order valence-corrected chi connectivity index (χ4v) is 2.36. The molecule has 0 heterocycles. The number of benzene rings is 1. The van der Waals surface area contributed by atoms with Gasteiger partial charge in [0.25, 0.3) is 0 Å². The SMILES string of the molecule is CCCCC(NC(=O)CCc1ccccc1Br)C(=O)O. The summed E-state index contributed by atoms with van der Waals surface area (Å²) in [5.41, 5.74) is 1.04. The molecule has 0 fully saturated rings. The molecule has 0 bridgehead atoms. The van der Waals surface area contributed by atoms with Crippen molar-refractivity contribution >= 4 is 27.8 Å². The van der Waals surface area contributed by atoms with Gasteiger partial charge in [-0.2, -0.15) is 0 Å². The summed E-state index contributed by atoms with van der Waals surface area (Å²) in [5, 5.41) is 11.6. The molecule has 110 valence electrons. The van der Waals surface area contributed by atoms with Crippen molar-refractivity contribution in [2.45, 2.75) is 45.1 Å². The molecule has 2 N–H and O–H groups in total. The quantitative estimate of drug-likeness (QED) is 0.763. The normalized spacial score (nSPS) is 11.9. The molecule has 20 heavy (non-hydrogen) atoms. The molecule has 0 aliphatic carbocycles. The Hall–Kier alpha value is -1.36. The molecule has 1 aromatic rings. The minimum Gasteiger partial charge on any atom is -0.480 e. The molecular weight excluding hydrogens is 322 g/mol. The zero-order valence-corrected chi connectivity index (χ0v) is 13.1. The van der Waals surface area contributed by atoms with Crippen LogP contribution in [0.15, 0.2) is 28.7 Å². The summed E-state index contributed by atoms with van der Waals surface area (Å²) in [6.45, 7) is 1.99. The van der Waals surface area contributed by atoms with Gasteiger partial charge >= 0.3 is 5.97 Å². The van der Waals surface area contributed by atoms with Crippen LogP contribution in [0.4, 0.5) is 0 Å². The fraction of sp³-hybridized carbons (Fsp3) is 0.467. The highest BCUT2D eigenvalue weighted by Gasteiger charge is 2.18. The van der Waals surface area contributed by atoms with Gasteiger partial charge in [-0.15, -0.1) is 0 Å². The van der Waals surface area contributed by atoms with E-state index in [4.69, 9.17) is 5.11 Å². The third kappa shape index (κ3) is 5.74. The van der Waals surface area contributed by atoms with Gasteiger partial charge in [0.15, 0.2) is 0 Å². The molecule has 0 spiro atoms. The number of carboxylic acid groups (broad SMARTS) is 1. The highest BCUT2D eigenvalue weighted by Crippen LogP contribution is 2.17. The predicted octanol–water partition coefficient (Wildman–Crippen LogP) is 3.14. The summed E-state index contributed by atoms with van der Waals surface area (Å²) in [7, 11) is 0. The molecule has 0 saturated carbocycles. The van der Waals surface area contributed by atoms with Crippen molar-refractivity contribution in [3.8, 4) is 0 Å². The molecule has 4 nitrogen and oxygen atoms in total. The van der Waals surface area contributed by atoms with E-state index in [9.17, 15) is 9.59 Å². The monoisotopic (exact) mass is 341 g/mol. The number of halogens is 1. The fourth-order valence-electron chi connectivity index (χ4n) is 1.88. The molecule has 1 aromatic carbocycles. The average Bonchev–Trinajstić information content (AvgIpc) is 2.42. The average molecular weight is 342 g/mol. The van der Waals surface area contributed by atoms with Crippen LogP contribution in [0.25, 0.3) is 0 Å². The number of hydrogen-bond donors (Lipinski definition) is 2. The number of aryl methyl sites for hydroxylation is 1. The van der Waals surface area contributed by atoms with Crippen LogP contribution < -0.4 is 5.32 Å². The van der Waals surface area contributed by atoms with Crippen molar-refractivity contribution in [3.05, 3.63) is 34.3 Å². The number of rotatable bonds is 8. The zero-order chi connectivity index (χ0) is 15.0. The van der Waals surface area contributed by atoms with E-state index >= 15 is 0 Å². The molecule has 0 aliphatic heterocycles. The molecule has 5 heteroatoms. The van der Waals surface area contributed by atoms with E-state index in [1.165, 1.54) is 0 Å². The van der Waals surface area contributed by atoms with Crippen LogP contribution in [0.1, 0.15) is 38.2 Å². The van der Waals surface area contributed by atoms with Gasteiger partial charge in [0.1, 0.15) is 6.04 Å². The van der Waals surface area contributed by atoms with Crippen LogP contribution in [0.2, 0.25) is 0 Å². The maximum absolute atomic E-state index is 11.8. The van der Waals surface area contributed by atoms with Crippen molar-refractivity contribution in [1.29, 1.82) is 0 Å². The molecule has 0 saturated heterocycles. The van der Waals surface area contributed by atoms with Gasteiger partial charge in [0.05, 0.1) is 0 Å². The summed E-state index contributed by atoms with van der Waals surface area (Å²) < 4.78 is 0.966. The Kier molecular flexibility index (Phi) is 7.30. The maximum atomic E-state index is 11.8. The van der Waals surface area contributed by atoms with Gasteiger partial charge in [-0.25, -0.2) is 4.79 Å². The van der Waals surface area contributed by atoms with Gasteiger partial charge < -0.3 is 10.4 Å². The van der Waals surface area contributed by atoms with Gasteiger partial charge in [-0.1, -0.05) is 53.9 Å². The van der Waals surface area contributed by atoms with Crippen LogP contribution in [0, 0.1) is 0 Å². The maximum Gasteiger partial charge on any atom is 0.326 e. The minimum absolute atomic E-state index is 0.218. The van der Waals surface area contributed by atoms with Gasteiger partial charge in [-0.3, -0.25) is 4.79 Å². The van der Waals surface area contributed by atoms with Crippen molar-refractivity contribution in [3.63, 3.8) is 0 Å². The van der Waals surface area contributed by atoms with Gasteiger partial charge in [0, 0.05) is 10.9 Å². The zero-order valence-electron chi connectivity index (χ0n) is 11.6. The number of carbonyl (C=O) groups is 2. The summed E-state index contributed by atoms with van der Waals surface area (Å²) in [4.78, 5) is 22.9. The molecule has 0 aliphatic rings. The smallest absolute Gasteiger partial charge is 0.326 e. The Labute approximate surface area is 127 Å². The second kappa shape index (κ2) is 8.74. The molecule has 0 radical (unpaired) electrons. The Bertz CT molecular complexity index is 462. The number of hydrogen-bond acceptors (Lipinski definition) is 2. The number of nitrogens with one attached hydrogen (secondary N) is 1. The molecular formula is C15H20BrNO3. The highest BCUT2D eigenvalue weighted by atomic mass is 79.9. The topological polar surface area (TPSA) is 66.4 Å². The van der Waals surface area contributed by atoms with Crippen molar-refractivity contribution in [1.82, 2.24) is 5.32 Å². The Morgan fingerprint density at radius 2 is 2.05 bits per heavy atom. The van der Waals surface area contributed by atoms with Crippen LogP contribution in [-0.4, -0.2) is 23.0 Å². The Morgan fingerprint density at radius 3 is 2.65 bits per heavy atom.